The number of hydrogen-bond donors (Lipinski definition) is 2. The summed E-state index contributed by atoms with van der Waals surface area (Å²) in [6.07, 6.45) is 0. The van der Waals surface area contributed by atoms with Gasteiger partial charge in [-0.2, -0.15) is 8.78 Å². The van der Waals surface area contributed by atoms with Crippen molar-refractivity contribution in [3.8, 4) is 5.75 Å². The molecule has 0 fully saturated rings. The zero-order valence-corrected chi connectivity index (χ0v) is 12.8. The molecule has 0 saturated heterocycles. The number of amides is 2. The topological polar surface area (TPSA) is 50.4 Å². The van der Waals surface area contributed by atoms with Gasteiger partial charge in [-0.05, 0) is 43.7 Å². The van der Waals surface area contributed by atoms with Crippen molar-refractivity contribution in [2.75, 3.05) is 5.32 Å². The number of benzene rings is 2. The van der Waals surface area contributed by atoms with Crippen molar-refractivity contribution < 1.29 is 18.3 Å². The van der Waals surface area contributed by atoms with E-state index in [4.69, 9.17) is 0 Å². The smallest absolute Gasteiger partial charge is 0.387 e. The van der Waals surface area contributed by atoms with E-state index >= 15 is 0 Å². The van der Waals surface area contributed by atoms with Crippen molar-refractivity contribution in [1.82, 2.24) is 5.32 Å². The molecule has 122 valence electrons. The molecule has 0 aliphatic rings. The molecule has 0 radical (unpaired) electrons. The van der Waals surface area contributed by atoms with Gasteiger partial charge in [-0.15, -0.1) is 0 Å². The van der Waals surface area contributed by atoms with Gasteiger partial charge in [0, 0.05) is 5.69 Å². The standard InChI is InChI=1S/C17H18F2N2O2/c1-11-6-8-14(9-7-11)21-17(22)20-12(2)13-4-3-5-15(10-13)23-16(18)19/h3-10,12,16H,1-2H3,(H2,20,21,22)/t12-/m0/s1. The maximum absolute atomic E-state index is 12.2. The van der Waals surface area contributed by atoms with Gasteiger partial charge in [-0.25, -0.2) is 4.79 Å². The lowest BCUT2D eigenvalue weighted by Crippen LogP contribution is -2.31. The molecular weight excluding hydrogens is 302 g/mol. The van der Waals surface area contributed by atoms with Gasteiger partial charge in [0.15, 0.2) is 0 Å². The van der Waals surface area contributed by atoms with E-state index < -0.39 is 6.61 Å². The monoisotopic (exact) mass is 320 g/mol. The van der Waals surface area contributed by atoms with Gasteiger partial charge in [0.25, 0.3) is 0 Å². The maximum Gasteiger partial charge on any atom is 0.387 e. The number of nitrogens with one attached hydrogen (secondary N) is 2. The molecule has 2 aromatic carbocycles. The number of anilines is 1. The van der Waals surface area contributed by atoms with E-state index in [0.717, 1.165) is 5.56 Å². The Bertz CT molecular complexity index is 660. The highest BCUT2D eigenvalue weighted by Crippen LogP contribution is 2.20. The molecule has 2 aromatic rings. The molecule has 0 heterocycles. The maximum atomic E-state index is 12.2. The molecule has 0 unspecified atom stereocenters. The Labute approximate surface area is 133 Å². The number of rotatable bonds is 5. The lowest BCUT2D eigenvalue weighted by atomic mass is 10.1. The molecule has 2 N–H and O–H groups in total. The van der Waals surface area contributed by atoms with Crippen LogP contribution in [0.5, 0.6) is 5.75 Å². The van der Waals surface area contributed by atoms with Gasteiger partial charge in [0.05, 0.1) is 6.04 Å². The Balaban J connectivity index is 1.96. The van der Waals surface area contributed by atoms with Crippen molar-refractivity contribution in [2.45, 2.75) is 26.5 Å². The lowest BCUT2D eigenvalue weighted by molar-refractivity contribution is -0.0499. The number of urea groups is 1. The fraction of sp³-hybridized carbons (Fsp3) is 0.235. The highest BCUT2D eigenvalue weighted by molar-refractivity contribution is 5.89. The van der Waals surface area contributed by atoms with Crippen molar-refractivity contribution in [2.24, 2.45) is 0 Å². The second-order valence-electron chi connectivity index (χ2n) is 5.14. The van der Waals surface area contributed by atoms with Crippen molar-refractivity contribution in [3.63, 3.8) is 0 Å². The summed E-state index contributed by atoms with van der Waals surface area (Å²) in [6.45, 7) is 0.842. The van der Waals surface area contributed by atoms with E-state index in [1.807, 2.05) is 19.1 Å². The Morgan fingerprint density at radius 1 is 1.13 bits per heavy atom. The summed E-state index contributed by atoms with van der Waals surface area (Å²) in [5.41, 5.74) is 2.44. The SMILES string of the molecule is Cc1ccc(NC(=O)N[C@@H](C)c2cccc(OC(F)F)c2)cc1. The highest BCUT2D eigenvalue weighted by atomic mass is 19.3. The molecule has 0 aliphatic carbocycles. The fourth-order valence-electron chi connectivity index (χ4n) is 2.04. The van der Waals surface area contributed by atoms with Crippen LogP contribution in [0.1, 0.15) is 24.1 Å². The molecule has 6 heteroatoms. The number of carbonyl (C=O) groups excluding carboxylic acids is 1. The number of alkyl halides is 2. The Morgan fingerprint density at radius 2 is 1.83 bits per heavy atom. The highest BCUT2D eigenvalue weighted by Gasteiger charge is 2.11. The summed E-state index contributed by atoms with van der Waals surface area (Å²) in [4.78, 5) is 12.0. The number of carbonyl (C=O) groups is 1. The molecule has 2 amide bonds. The summed E-state index contributed by atoms with van der Waals surface area (Å²) >= 11 is 0. The van der Waals surface area contributed by atoms with Crippen LogP contribution in [0.3, 0.4) is 0 Å². The molecule has 0 saturated carbocycles. The van der Waals surface area contributed by atoms with Gasteiger partial charge in [0.2, 0.25) is 0 Å². The van der Waals surface area contributed by atoms with Crippen LogP contribution in [0.25, 0.3) is 0 Å². The first kappa shape index (κ1) is 16.7. The molecule has 0 aliphatic heterocycles. The van der Waals surface area contributed by atoms with Crippen LogP contribution in [-0.4, -0.2) is 12.6 Å². The Morgan fingerprint density at radius 3 is 2.48 bits per heavy atom. The van der Waals surface area contributed by atoms with Crippen LogP contribution in [0.4, 0.5) is 19.3 Å². The van der Waals surface area contributed by atoms with Crippen LogP contribution in [0.15, 0.2) is 48.5 Å². The van der Waals surface area contributed by atoms with Crippen LogP contribution in [-0.2, 0) is 0 Å². The average molecular weight is 320 g/mol. The number of ether oxygens (including phenoxy) is 1. The molecule has 0 bridgehead atoms. The molecule has 1 atom stereocenters. The number of halogens is 2. The predicted molar refractivity (Wildman–Crippen MR) is 84.8 cm³/mol. The van der Waals surface area contributed by atoms with Gasteiger partial charge in [-0.1, -0.05) is 29.8 Å². The quantitative estimate of drug-likeness (QED) is 0.853. The molecule has 0 aromatic heterocycles. The molecule has 23 heavy (non-hydrogen) atoms. The minimum Gasteiger partial charge on any atom is -0.435 e. The summed E-state index contributed by atoms with van der Waals surface area (Å²) in [6, 6.07) is 12.9. The summed E-state index contributed by atoms with van der Waals surface area (Å²) < 4.78 is 28.8. The molecular formula is C17H18F2N2O2. The van der Waals surface area contributed by atoms with Crippen LogP contribution in [0.2, 0.25) is 0 Å². The van der Waals surface area contributed by atoms with Crippen LogP contribution in [0, 0.1) is 6.92 Å². The van der Waals surface area contributed by atoms with Gasteiger partial charge in [-0.3, -0.25) is 0 Å². The summed E-state index contributed by atoms with van der Waals surface area (Å²) in [5, 5.41) is 5.46. The van der Waals surface area contributed by atoms with E-state index in [1.54, 1.807) is 31.2 Å². The third-order valence-corrected chi connectivity index (χ3v) is 3.24. The Kier molecular flexibility index (Phi) is 5.51. The van der Waals surface area contributed by atoms with Gasteiger partial charge in [0.1, 0.15) is 5.75 Å². The third-order valence-electron chi connectivity index (χ3n) is 3.24. The zero-order valence-electron chi connectivity index (χ0n) is 12.8. The summed E-state index contributed by atoms with van der Waals surface area (Å²) in [7, 11) is 0. The van der Waals surface area contributed by atoms with Crippen molar-refractivity contribution in [1.29, 1.82) is 0 Å². The van der Waals surface area contributed by atoms with E-state index in [2.05, 4.69) is 15.4 Å². The zero-order chi connectivity index (χ0) is 16.8. The molecule has 4 nitrogen and oxygen atoms in total. The number of hydrogen-bond acceptors (Lipinski definition) is 2. The van der Waals surface area contributed by atoms with Crippen LogP contribution < -0.4 is 15.4 Å². The van der Waals surface area contributed by atoms with Crippen LogP contribution >= 0.6 is 0 Å². The van der Waals surface area contributed by atoms with E-state index in [1.165, 1.54) is 12.1 Å². The first-order valence-electron chi connectivity index (χ1n) is 7.13. The van der Waals surface area contributed by atoms with Gasteiger partial charge >= 0.3 is 12.6 Å². The van der Waals surface area contributed by atoms with Crippen molar-refractivity contribution >= 4 is 11.7 Å². The van der Waals surface area contributed by atoms with Crippen molar-refractivity contribution in [3.05, 3.63) is 59.7 Å². The minimum absolute atomic E-state index is 0.0603. The van der Waals surface area contributed by atoms with E-state index in [-0.39, 0.29) is 17.8 Å². The normalized spacial score (nSPS) is 11.9. The second-order valence-corrected chi connectivity index (χ2v) is 5.14. The average Bonchev–Trinajstić information content (AvgIpc) is 2.49. The Hall–Kier alpha value is -2.63. The fourth-order valence-corrected chi connectivity index (χ4v) is 2.04. The predicted octanol–water partition coefficient (Wildman–Crippen LogP) is 4.48. The van der Waals surface area contributed by atoms with Gasteiger partial charge < -0.3 is 15.4 Å². The molecule has 2 rings (SSSR count). The molecule has 0 spiro atoms. The largest absolute Gasteiger partial charge is 0.435 e. The van der Waals surface area contributed by atoms with E-state index in [9.17, 15) is 13.6 Å². The first-order valence-corrected chi connectivity index (χ1v) is 7.13. The number of aryl methyl sites for hydroxylation is 1. The van der Waals surface area contributed by atoms with E-state index in [0.29, 0.717) is 11.3 Å². The summed E-state index contributed by atoms with van der Waals surface area (Å²) in [5.74, 6) is 0.0603. The second kappa shape index (κ2) is 7.58. The third kappa shape index (κ3) is 5.25. The minimum atomic E-state index is -2.88. The lowest BCUT2D eigenvalue weighted by Gasteiger charge is -2.16. The first-order chi connectivity index (χ1) is 10.9.